The van der Waals surface area contributed by atoms with Crippen molar-refractivity contribution in [3.8, 4) is 0 Å². The van der Waals surface area contributed by atoms with Gasteiger partial charge in [-0.15, -0.1) is 0 Å². The molecule has 1 aliphatic rings. The monoisotopic (exact) mass is 374 g/mol. The minimum atomic E-state index is -1.04. The van der Waals surface area contributed by atoms with Crippen LogP contribution in [0.25, 0.3) is 0 Å². The number of hydrogen-bond donors (Lipinski definition) is 1. The molecular weight excluding hydrogens is 348 g/mol. The van der Waals surface area contributed by atoms with Crippen LogP contribution in [0.4, 0.5) is 0 Å². The average molecular weight is 374 g/mol. The van der Waals surface area contributed by atoms with Gasteiger partial charge < -0.3 is 14.9 Å². The molecule has 1 fully saturated rings. The third-order valence-electron chi connectivity index (χ3n) is 5.00. The first-order valence-corrected chi connectivity index (χ1v) is 9.10. The Hall–Kier alpha value is -2.70. The van der Waals surface area contributed by atoms with Crippen molar-refractivity contribution < 1.29 is 24.3 Å². The maximum atomic E-state index is 12.9. The second kappa shape index (κ2) is 8.79. The third-order valence-corrected chi connectivity index (χ3v) is 5.00. The molecule has 1 unspecified atom stereocenters. The van der Waals surface area contributed by atoms with Crippen LogP contribution in [0.5, 0.6) is 0 Å². The number of carbonyl (C=O) groups excluding carboxylic acids is 3. The first kappa shape index (κ1) is 20.6. The Bertz CT molecular complexity index is 759. The van der Waals surface area contributed by atoms with Crippen molar-refractivity contribution >= 4 is 23.6 Å². The van der Waals surface area contributed by atoms with Crippen LogP contribution in [0.2, 0.25) is 0 Å². The molecular formula is C20H26N2O5. The van der Waals surface area contributed by atoms with Gasteiger partial charge in [0, 0.05) is 37.2 Å². The summed E-state index contributed by atoms with van der Waals surface area (Å²) in [4.78, 5) is 50.5. The summed E-state index contributed by atoms with van der Waals surface area (Å²) in [6, 6.07) is 4.93. The molecule has 1 N–H and O–H groups in total. The predicted molar refractivity (Wildman–Crippen MR) is 99.7 cm³/mol. The van der Waals surface area contributed by atoms with Crippen molar-refractivity contribution in [1.82, 2.24) is 9.80 Å². The minimum Gasteiger partial charge on any atom is -0.480 e. The Morgan fingerprint density at radius 3 is 2.44 bits per heavy atom. The molecule has 1 aromatic carbocycles. The first-order chi connectivity index (χ1) is 12.7. The Labute approximate surface area is 158 Å². The number of ketones is 1. The van der Waals surface area contributed by atoms with Gasteiger partial charge in [0.05, 0.1) is 0 Å². The third kappa shape index (κ3) is 5.15. The van der Waals surface area contributed by atoms with Crippen molar-refractivity contribution in [2.75, 3.05) is 19.6 Å². The molecule has 0 radical (unpaired) electrons. The summed E-state index contributed by atoms with van der Waals surface area (Å²) in [6.07, 6.45) is 1.87. The Balaban J connectivity index is 2.12. The molecule has 7 heteroatoms. The number of benzene rings is 1. The lowest BCUT2D eigenvalue weighted by Gasteiger charge is -2.29. The van der Waals surface area contributed by atoms with Gasteiger partial charge in [-0.1, -0.05) is 6.07 Å². The number of aliphatic carboxylic acids is 1. The highest BCUT2D eigenvalue weighted by atomic mass is 16.4. The zero-order valence-corrected chi connectivity index (χ0v) is 16.0. The lowest BCUT2D eigenvalue weighted by atomic mass is 10.0. The van der Waals surface area contributed by atoms with Crippen molar-refractivity contribution in [3.63, 3.8) is 0 Å². The highest BCUT2D eigenvalue weighted by Gasteiger charge is 2.28. The molecule has 1 saturated heterocycles. The zero-order chi connectivity index (χ0) is 20.1. The van der Waals surface area contributed by atoms with Crippen molar-refractivity contribution in [1.29, 1.82) is 0 Å². The number of likely N-dealkylation sites (tertiary alicyclic amines) is 1. The molecule has 2 amide bonds. The SMILES string of the molecule is CC(=O)c1cc(C(=O)N2CCCC(N(CC(=O)O)C(C)=O)CC2)ccc1C. The Morgan fingerprint density at radius 2 is 1.85 bits per heavy atom. The van der Waals surface area contributed by atoms with Crippen LogP contribution in [0.3, 0.4) is 0 Å². The van der Waals surface area contributed by atoms with E-state index in [4.69, 9.17) is 5.11 Å². The maximum absolute atomic E-state index is 12.9. The summed E-state index contributed by atoms with van der Waals surface area (Å²) in [5.74, 6) is -1.54. The fourth-order valence-corrected chi connectivity index (χ4v) is 3.55. The largest absolute Gasteiger partial charge is 0.480 e. The van der Waals surface area contributed by atoms with Gasteiger partial charge in [0.1, 0.15) is 6.54 Å². The number of nitrogens with zero attached hydrogens (tertiary/aromatic N) is 2. The molecule has 0 bridgehead atoms. The van der Waals surface area contributed by atoms with Crippen LogP contribution in [-0.4, -0.2) is 64.1 Å². The Morgan fingerprint density at radius 1 is 1.15 bits per heavy atom. The quantitative estimate of drug-likeness (QED) is 0.797. The number of Topliss-reactive ketones (excluding diaryl/α,β-unsaturated/α-hetero) is 1. The second-order valence-electron chi connectivity index (χ2n) is 7.00. The number of carboxylic acid groups (broad SMARTS) is 1. The van der Waals surface area contributed by atoms with E-state index in [2.05, 4.69) is 0 Å². The van der Waals surface area contributed by atoms with E-state index >= 15 is 0 Å². The molecule has 27 heavy (non-hydrogen) atoms. The second-order valence-corrected chi connectivity index (χ2v) is 7.00. The smallest absolute Gasteiger partial charge is 0.323 e. The minimum absolute atomic E-state index is 0.0798. The van der Waals surface area contributed by atoms with E-state index in [9.17, 15) is 19.2 Å². The van der Waals surface area contributed by atoms with Crippen LogP contribution < -0.4 is 0 Å². The van der Waals surface area contributed by atoms with Gasteiger partial charge in [-0.2, -0.15) is 0 Å². The van der Waals surface area contributed by atoms with Crippen LogP contribution in [0.1, 0.15) is 59.4 Å². The van der Waals surface area contributed by atoms with Crippen molar-refractivity contribution in [3.05, 3.63) is 34.9 Å². The number of carboxylic acids is 1. The normalized spacial score (nSPS) is 17.1. The average Bonchev–Trinajstić information content (AvgIpc) is 2.84. The summed E-state index contributed by atoms with van der Waals surface area (Å²) < 4.78 is 0. The van der Waals surface area contributed by atoms with Crippen LogP contribution in [0.15, 0.2) is 18.2 Å². The van der Waals surface area contributed by atoms with Gasteiger partial charge >= 0.3 is 5.97 Å². The van der Waals surface area contributed by atoms with Crippen LogP contribution >= 0.6 is 0 Å². The number of amides is 2. The van der Waals surface area contributed by atoms with Crippen molar-refractivity contribution in [2.24, 2.45) is 0 Å². The van der Waals surface area contributed by atoms with Gasteiger partial charge in [-0.05, 0) is 50.8 Å². The zero-order valence-electron chi connectivity index (χ0n) is 16.0. The molecule has 0 saturated carbocycles. The number of aryl methyl sites for hydroxylation is 1. The summed E-state index contributed by atoms with van der Waals surface area (Å²) in [5, 5.41) is 9.03. The predicted octanol–water partition coefficient (Wildman–Crippen LogP) is 2.13. The first-order valence-electron chi connectivity index (χ1n) is 9.10. The van der Waals surface area contributed by atoms with Gasteiger partial charge in [-0.3, -0.25) is 19.2 Å². The Kier molecular flexibility index (Phi) is 6.71. The lowest BCUT2D eigenvalue weighted by Crippen LogP contribution is -2.43. The fraction of sp³-hybridized carbons (Fsp3) is 0.500. The fourth-order valence-electron chi connectivity index (χ4n) is 3.55. The molecule has 1 aromatic rings. The van der Waals surface area contributed by atoms with E-state index in [1.165, 1.54) is 18.7 Å². The van der Waals surface area contributed by atoms with Gasteiger partial charge in [0.25, 0.3) is 5.91 Å². The highest BCUT2D eigenvalue weighted by molar-refractivity contribution is 6.00. The van der Waals surface area contributed by atoms with Gasteiger partial charge in [-0.25, -0.2) is 0 Å². The van der Waals surface area contributed by atoms with Crippen LogP contribution in [-0.2, 0) is 9.59 Å². The number of carbonyl (C=O) groups is 4. The van der Waals surface area contributed by atoms with Gasteiger partial charge in [0.15, 0.2) is 5.78 Å². The van der Waals surface area contributed by atoms with E-state index in [-0.39, 0.29) is 30.2 Å². The van der Waals surface area contributed by atoms with Crippen LogP contribution in [0, 0.1) is 6.92 Å². The number of rotatable bonds is 5. The molecule has 0 aromatic heterocycles. The summed E-state index contributed by atoms with van der Waals surface area (Å²) in [5.41, 5.74) is 1.84. The van der Waals surface area contributed by atoms with E-state index < -0.39 is 5.97 Å². The van der Waals surface area contributed by atoms with Gasteiger partial charge in [0.2, 0.25) is 5.91 Å². The van der Waals surface area contributed by atoms with E-state index in [0.29, 0.717) is 43.5 Å². The molecule has 0 spiro atoms. The van der Waals surface area contributed by atoms with E-state index in [1.807, 2.05) is 6.92 Å². The molecule has 0 aliphatic carbocycles. The molecule has 7 nitrogen and oxygen atoms in total. The molecule has 2 rings (SSSR count). The molecule has 1 atom stereocenters. The summed E-state index contributed by atoms with van der Waals surface area (Å²) in [6.45, 7) is 5.33. The van der Waals surface area contributed by atoms with E-state index in [0.717, 1.165) is 5.56 Å². The highest BCUT2D eigenvalue weighted by Crippen LogP contribution is 2.20. The lowest BCUT2D eigenvalue weighted by molar-refractivity contribution is -0.145. The number of hydrogen-bond acceptors (Lipinski definition) is 4. The maximum Gasteiger partial charge on any atom is 0.323 e. The standard InChI is InChI=1S/C20H26N2O5/c1-13-6-7-16(11-18(13)14(2)23)20(27)21-9-4-5-17(8-10-21)22(15(3)24)12-19(25)26/h6-7,11,17H,4-5,8-10,12H2,1-3H3,(H,25,26). The molecule has 146 valence electrons. The summed E-state index contributed by atoms with van der Waals surface area (Å²) in [7, 11) is 0. The molecule has 1 aliphatic heterocycles. The topological polar surface area (TPSA) is 95.0 Å². The van der Waals surface area contributed by atoms with Crippen molar-refractivity contribution in [2.45, 2.75) is 46.1 Å². The summed E-state index contributed by atoms with van der Waals surface area (Å²) >= 11 is 0. The molecule has 1 heterocycles. The van der Waals surface area contributed by atoms with E-state index in [1.54, 1.807) is 23.1 Å².